The Bertz CT molecular complexity index is 1100. The van der Waals surface area contributed by atoms with Crippen molar-refractivity contribution in [1.82, 2.24) is 19.5 Å². The number of aliphatic hydroxyl groups is 1. The van der Waals surface area contributed by atoms with Crippen LogP contribution in [0.4, 0.5) is 5.82 Å². The summed E-state index contributed by atoms with van der Waals surface area (Å²) in [7, 11) is -15.9. The standard InChI is InChI=1S/C10H16N5O13P3/c11-8-5-9(13-2-12-8)15(3-14-5)10-6(16)7(27-29(17,18)19)4(26-10)1-25-31(23,24)28-30(20,21)22/h2-4,6-7,10,16H,1H2,(H,23,24)(H2,11,12,13)(H2,17,18,19)(H2,20,21,22)/t4-,6+,7-,10+/m0/s1. The maximum atomic E-state index is 11.6. The molecule has 0 spiro atoms. The second-order valence-electron chi connectivity index (χ2n) is 6.04. The molecule has 1 unspecified atom stereocenters. The van der Waals surface area contributed by atoms with E-state index in [1.165, 1.54) is 0 Å². The molecule has 18 nitrogen and oxygen atoms in total. The molecule has 5 atom stereocenters. The van der Waals surface area contributed by atoms with Crippen LogP contribution in [0.15, 0.2) is 12.7 Å². The molecule has 1 saturated heterocycles. The maximum Gasteiger partial charge on any atom is 0.481 e. The molecule has 8 N–H and O–H groups in total. The van der Waals surface area contributed by atoms with Gasteiger partial charge in [-0.1, -0.05) is 0 Å². The van der Waals surface area contributed by atoms with Crippen molar-refractivity contribution in [1.29, 1.82) is 0 Å². The average Bonchev–Trinajstić information content (AvgIpc) is 3.13. The van der Waals surface area contributed by atoms with Crippen LogP contribution >= 0.6 is 23.5 Å². The third-order valence-corrected chi connectivity index (χ3v) is 6.51. The van der Waals surface area contributed by atoms with Gasteiger partial charge in [0.1, 0.15) is 30.2 Å². The highest BCUT2D eigenvalue weighted by Crippen LogP contribution is 2.58. The minimum atomic E-state index is -5.42. The van der Waals surface area contributed by atoms with E-state index in [4.69, 9.17) is 30.0 Å². The van der Waals surface area contributed by atoms with E-state index in [2.05, 4.69) is 28.3 Å². The van der Waals surface area contributed by atoms with Crippen molar-refractivity contribution in [2.75, 3.05) is 12.3 Å². The highest BCUT2D eigenvalue weighted by atomic mass is 31.3. The van der Waals surface area contributed by atoms with E-state index in [0.29, 0.717) is 0 Å². The van der Waals surface area contributed by atoms with E-state index in [1.807, 2.05) is 0 Å². The second kappa shape index (κ2) is 8.53. The van der Waals surface area contributed by atoms with Gasteiger partial charge in [-0.2, -0.15) is 4.31 Å². The first-order chi connectivity index (χ1) is 14.2. The van der Waals surface area contributed by atoms with Gasteiger partial charge in [0.25, 0.3) is 0 Å². The molecular formula is C10H16N5O13P3. The molecule has 31 heavy (non-hydrogen) atoms. The van der Waals surface area contributed by atoms with Crippen molar-refractivity contribution in [3.63, 3.8) is 0 Å². The van der Waals surface area contributed by atoms with Crippen molar-refractivity contribution in [3.8, 4) is 0 Å². The lowest BCUT2D eigenvalue weighted by Crippen LogP contribution is -2.35. The van der Waals surface area contributed by atoms with Crippen LogP contribution in [0.5, 0.6) is 0 Å². The topological polar surface area (TPSA) is 279 Å². The number of imidazole rings is 1. The summed E-state index contributed by atoms with van der Waals surface area (Å²) in [5.41, 5.74) is 5.87. The lowest BCUT2D eigenvalue weighted by atomic mass is 10.1. The van der Waals surface area contributed by atoms with Crippen molar-refractivity contribution < 1.29 is 61.4 Å². The molecule has 174 valence electrons. The van der Waals surface area contributed by atoms with Crippen LogP contribution in [0, 0.1) is 0 Å². The average molecular weight is 507 g/mol. The first-order valence-electron chi connectivity index (χ1n) is 7.91. The molecule has 1 aliphatic rings. The Hall–Kier alpha value is -1.36. The fraction of sp³-hybridized carbons (Fsp3) is 0.500. The second-order valence-corrected chi connectivity index (χ2v) is 10.1. The van der Waals surface area contributed by atoms with Crippen molar-refractivity contribution >= 4 is 40.4 Å². The molecule has 0 bridgehead atoms. The van der Waals surface area contributed by atoms with Gasteiger partial charge >= 0.3 is 23.5 Å². The Kier molecular flexibility index (Phi) is 6.68. The number of aromatic nitrogens is 4. The Morgan fingerprint density at radius 1 is 1.10 bits per heavy atom. The molecule has 3 heterocycles. The van der Waals surface area contributed by atoms with E-state index in [9.17, 15) is 23.7 Å². The van der Waals surface area contributed by atoms with Gasteiger partial charge < -0.3 is 40.0 Å². The molecule has 0 aromatic carbocycles. The number of aliphatic hydroxyl groups excluding tert-OH is 1. The third-order valence-electron chi connectivity index (χ3n) is 3.84. The van der Waals surface area contributed by atoms with Crippen LogP contribution in [0.3, 0.4) is 0 Å². The van der Waals surface area contributed by atoms with Crippen LogP contribution in [0.2, 0.25) is 0 Å². The van der Waals surface area contributed by atoms with Gasteiger partial charge in [-0.25, -0.2) is 28.6 Å². The van der Waals surface area contributed by atoms with Crippen molar-refractivity contribution in [3.05, 3.63) is 12.7 Å². The predicted octanol–water partition coefficient (Wildman–Crippen LogP) is -1.63. The van der Waals surface area contributed by atoms with E-state index in [0.717, 1.165) is 17.2 Å². The number of hydrogen-bond acceptors (Lipinski definition) is 12. The molecule has 2 aromatic heterocycles. The number of nitrogens with zero attached hydrogens (tertiary/aromatic N) is 4. The number of phosphoric ester groups is 2. The molecule has 1 fully saturated rings. The molecule has 1 aliphatic heterocycles. The van der Waals surface area contributed by atoms with Gasteiger partial charge in [-0.05, 0) is 0 Å². The zero-order chi connectivity index (χ0) is 23.2. The number of rotatable bonds is 8. The summed E-state index contributed by atoms with van der Waals surface area (Å²) in [6, 6.07) is 0. The summed E-state index contributed by atoms with van der Waals surface area (Å²) in [6.45, 7) is -1.03. The van der Waals surface area contributed by atoms with Crippen LogP contribution in [0.1, 0.15) is 6.23 Å². The zero-order valence-corrected chi connectivity index (χ0v) is 17.6. The van der Waals surface area contributed by atoms with Gasteiger partial charge in [-0.3, -0.25) is 13.6 Å². The SMILES string of the molecule is Nc1ncnc2c1ncn2[C@@H]1O[C@@H](COP(=O)(O)OP(=O)(O)O)[C@H](OP(=O)(O)O)[C@H]1O. The molecule has 2 aromatic rings. The minimum absolute atomic E-state index is 0.00468. The van der Waals surface area contributed by atoms with Gasteiger partial charge in [0.2, 0.25) is 0 Å². The van der Waals surface area contributed by atoms with Gasteiger partial charge in [0, 0.05) is 0 Å². The van der Waals surface area contributed by atoms with Crippen molar-refractivity contribution in [2.45, 2.75) is 24.5 Å². The van der Waals surface area contributed by atoms with Crippen LogP contribution < -0.4 is 5.73 Å². The molecular weight excluding hydrogens is 491 g/mol. The lowest BCUT2D eigenvalue weighted by Gasteiger charge is -2.21. The first-order valence-corrected chi connectivity index (χ1v) is 12.5. The lowest BCUT2D eigenvalue weighted by molar-refractivity contribution is -0.0501. The number of fused-ring (bicyclic) bond motifs is 1. The highest BCUT2D eigenvalue weighted by molar-refractivity contribution is 7.60. The van der Waals surface area contributed by atoms with Crippen molar-refractivity contribution in [2.24, 2.45) is 0 Å². The quantitative estimate of drug-likeness (QED) is 0.197. The van der Waals surface area contributed by atoms with E-state index in [1.54, 1.807) is 0 Å². The van der Waals surface area contributed by atoms with Gasteiger partial charge in [0.15, 0.2) is 17.7 Å². The molecule has 0 saturated carbocycles. The number of phosphoric acid groups is 3. The zero-order valence-electron chi connectivity index (χ0n) is 14.9. The fourth-order valence-electron chi connectivity index (χ4n) is 2.75. The van der Waals surface area contributed by atoms with Gasteiger partial charge in [0.05, 0.1) is 12.9 Å². The first kappa shape index (κ1) is 24.3. The predicted molar refractivity (Wildman–Crippen MR) is 95.5 cm³/mol. The minimum Gasteiger partial charge on any atom is -0.386 e. The number of anilines is 1. The molecule has 3 rings (SSSR count). The summed E-state index contributed by atoms with van der Waals surface area (Å²) >= 11 is 0. The fourth-order valence-corrected chi connectivity index (χ4v) is 4.93. The van der Waals surface area contributed by atoms with E-state index >= 15 is 0 Å². The summed E-state index contributed by atoms with van der Waals surface area (Å²) in [4.78, 5) is 56.5. The molecule has 21 heteroatoms. The number of ether oxygens (including phenoxy) is 1. The highest BCUT2D eigenvalue weighted by Gasteiger charge is 2.50. The molecule has 0 amide bonds. The van der Waals surface area contributed by atoms with Gasteiger partial charge in [-0.15, -0.1) is 0 Å². The van der Waals surface area contributed by atoms with E-state index in [-0.39, 0.29) is 17.0 Å². The monoisotopic (exact) mass is 507 g/mol. The Morgan fingerprint density at radius 3 is 2.39 bits per heavy atom. The number of hydrogen-bond donors (Lipinski definition) is 7. The van der Waals surface area contributed by atoms with Crippen LogP contribution in [-0.4, -0.2) is 74.0 Å². The van der Waals surface area contributed by atoms with Crippen LogP contribution in [0.25, 0.3) is 11.2 Å². The Morgan fingerprint density at radius 2 is 1.77 bits per heavy atom. The maximum absolute atomic E-state index is 11.6. The molecule has 0 aliphatic carbocycles. The normalized spacial score (nSPS) is 26.9. The summed E-state index contributed by atoms with van der Waals surface area (Å²) in [5.74, 6) is -0.00468. The smallest absolute Gasteiger partial charge is 0.386 e. The summed E-state index contributed by atoms with van der Waals surface area (Å²) in [6.07, 6.45) is -4.46. The third kappa shape index (κ3) is 5.91. The number of nitrogens with two attached hydrogens (primary N) is 1. The number of nitrogen functional groups attached to an aromatic ring is 1. The summed E-state index contributed by atoms with van der Waals surface area (Å²) in [5, 5.41) is 10.5. The Balaban J connectivity index is 1.87. The summed E-state index contributed by atoms with van der Waals surface area (Å²) < 4.78 is 52.8. The van der Waals surface area contributed by atoms with E-state index < -0.39 is 54.6 Å². The Labute approximate surface area is 171 Å². The molecule has 0 radical (unpaired) electrons. The van der Waals surface area contributed by atoms with Crippen LogP contribution in [-0.2, 0) is 31.8 Å². The largest absolute Gasteiger partial charge is 0.481 e.